The SMILES string of the molecule is CCCCCC.CCc1cc2c(-c3cccc4ccccc34)cccc2[cH-]1.CCc1cc2c(-c3cccc4ccccc34)cccc2[cH-]1.C[Si].[Cl-].[Cl-].[Zr+4]. The van der Waals surface area contributed by atoms with E-state index in [-0.39, 0.29) is 51.0 Å². The van der Waals surface area contributed by atoms with Crippen LogP contribution in [0.25, 0.3) is 65.3 Å². The minimum absolute atomic E-state index is 0. The molecule has 0 nitrogen and oxygen atoms in total. The molecule has 0 aliphatic rings. The van der Waals surface area contributed by atoms with Gasteiger partial charge < -0.3 is 24.8 Å². The third-order valence-electron chi connectivity index (χ3n) is 9.55. The molecule has 0 spiro atoms. The summed E-state index contributed by atoms with van der Waals surface area (Å²) >= 11 is 0. The standard InChI is InChI=1S/2C21H17.C6H14.CH3Si.2ClH.Zr/c2*1-2-15-13-17-9-6-12-20(21(17)14-15)19-11-5-8-16-7-3-4-10-18(16)19;1-3-5-6-4-2;1-2;;;/h2*3-14H,2H2,1H3;3-6H2,1-2H3;1H3;2*1H;/q2*-1;;;;;+4/p-2. The third-order valence-corrected chi connectivity index (χ3v) is 9.55. The summed E-state index contributed by atoms with van der Waals surface area (Å²) in [6.07, 6.45) is 7.71. The first-order valence-corrected chi connectivity index (χ1v) is 19.5. The summed E-state index contributed by atoms with van der Waals surface area (Å²) in [6, 6.07) is 52.9. The van der Waals surface area contributed by atoms with E-state index in [1.807, 2.05) is 0 Å². The Morgan fingerprint density at radius 3 is 1.09 bits per heavy atom. The van der Waals surface area contributed by atoms with Gasteiger partial charge in [-0.1, -0.05) is 168 Å². The van der Waals surface area contributed by atoms with Gasteiger partial charge >= 0.3 is 26.2 Å². The molecule has 0 aromatic heterocycles. The summed E-state index contributed by atoms with van der Waals surface area (Å²) in [6.45, 7) is 10.7. The van der Waals surface area contributed by atoms with Crippen LogP contribution in [-0.4, -0.2) is 10.2 Å². The van der Waals surface area contributed by atoms with Gasteiger partial charge in [0, 0.05) is 10.2 Å². The molecule has 0 N–H and O–H groups in total. The van der Waals surface area contributed by atoms with Crippen LogP contribution in [0.2, 0.25) is 6.55 Å². The Kier molecular flexibility index (Phi) is 20.4. The normalized spacial score (nSPS) is 10.1. The number of benzene rings is 6. The Labute approximate surface area is 353 Å². The number of aryl methyl sites for hydroxylation is 2. The zero-order chi connectivity index (χ0) is 35.3. The second-order valence-corrected chi connectivity index (χ2v) is 12.8. The summed E-state index contributed by atoms with van der Waals surface area (Å²) in [5, 5.41) is 10.7. The van der Waals surface area contributed by atoms with Crippen LogP contribution in [0.1, 0.15) is 64.5 Å². The molecule has 53 heavy (non-hydrogen) atoms. The van der Waals surface area contributed by atoms with E-state index in [0.717, 1.165) is 12.8 Å². The molecule has 0 aliphatic heterocycles. The van der Waals surface area contributed by atoms with Crippen molar-refractivity contribution in [3.05, 3.63) is 157 Å². The fourth-order valence-electron chi connectivity index (χ4n) is 6.89. The number of fused-ring (bicyclic) bond motifs is 4. The zero-order valence-electron chi connectivity index (χ0n) is 31.9. The molecule has 0 amide bonds. The number of rotatable bonds is 7. The minimum Gasteiger partial charge on any atom is -1.00 e. The summed E-state index contributed by atoms with van der Waals surface area (Å²) in [5.41, 5.74) is 8.15. The molecule has 8 aromatic carbocycles. The van der Waals surface area contributed by atoms with Gasteiger partial charge in [0.05, 0.1) is 0 Å². The molecule has 4 heteroatoms. The van der Waals surface area contributed by atoms with Crippen LogP contribution in [0.3, 0.4) is 0 Å². The Hall–Kier alpha value is -3.26. The van der Waals surface area contributed by atoms with Crippen LogP contribution in [0.4, 0.5) is 0 Å². The number of halogens is 2. The van der Waals surface area contributed by atoms with Gasteiger partial charge in [-0.05, 0) is 45.5 Å². The molecule has 269 valence electrons. The largest absolute Gasteiger partial charge is 4.00 e. The molecule has 0 saturated heterocycles. The quantitative estimate of drug-likeness (QED) is 0.0858. The number of hydrogen-bond acceptors (Lipinski definition) is 0. The van der Waals surface area contributed by atoms with Crippen LogP contribution >= 0.6 is 0 Å². The van der Waals surface area contributed by atoms with Gasteiger partial charge in [0.2, 0.25) is 0 Å². The van der Waals surface area contributed by atoms with E-state index >= 15 is 0 Å². The smallest absolute Gasteiger partial charge is 1.00 e. The maximum Gasteiger partial charge on any atom is 4.00 e. The van der Waals surface area contributed by atoms with Gasteiger partial charge in [-0.2, -0.15) is 12.1 Å². The minimum atomic E-state index is 0. The average molecular weight is 830 g/mol. The van der Waals surface area contributed by atoms with E-state index in [2.05, 4.69) is 184 Å². The second-order valence-electron chi connectivity index (χ2n) is 12.8. The Balaban J connectivity index is 0.000000293. The van der Waals surface area contributed by atoms with Crippen LogP contribution in [0.15, 0.2) is 146 Å². The van der Waals surface area contributed by atoms with E-state index in [9.17, 15) is 0 Å². The van der Waals surface area contributed by atoms with Crippen molar-refractivity contribution in [2.45, 2.75) is 72.8 Å². The number of hydrogen-bond donors (Lipinski definition) is 0. The summed E-state index contributed by atoms with van der Waals surface area (Å²) < 4.78 is 0. The van der Waals surface area contributed by atoms with Crippen molar-refractivity contribution >= 4 is 53.3 Å². The molecule has 8 aromatic rings. The summed E-state index contributed by atoms with van der Waals surface area (Å²) in [7, 11) is 2.97. The molecule has 0 unspecified atom stereocenters. The van der Waals surface area contributed by atoms with Gasteiger partial charge in [0.25, 0.3) is 0 Å². The molecule has 0 heterocycles. The fourth-order valence-corrected chi connectivity index (χ4v) is 6.89. The predicted molar refractivity (Wildman–Crippen MR) is 225 cm³/mol. The molecule has 0 fully saturated rings. The predicted octanol–water partition coefficient (Wildman–Crippen LogP) is 8.68. The van der Waals surface area contributed by atoms with E-state index in [4.69, 9.17) is 0 Å². The van der Waals surface area contributed by atoms with Crippen LogP contribution in [0.5, 0.6) is 0 Å². The molecule has 0 saturated carbocycles. The first kappa shape index (κ1) is 45.9. The number of unbranched alkanes of at least 4 members (excludes halogenated alkanes) is 3. The average Bonchev–Trinajstić information content (AvgIpc) is 3.82. The van der Waals surface area contributed by atoms with Crippen molar-refractivity contribution in [1.29, 1.82) is 0 Å². The Morgan fingerprint density at radius 2 is 0.736 bits per heavy atom. The maximum atomic E-state index is 2.97. The second kappa shape index (κ2) is 23.5. The van der Waals surface area contributed by atoms with Crippen LogP contribution < -0.4 is 24.8 Å². The zero-order valence-corrected chi connectivity index (χ0v) is 36.8. The van der Waals surface area contributed by atoms with Gasteiger partial charge in [0.1, 0.15) is 0 Å². The monoisotopic (exact) mass is 827 g/mol. The first-order chi connectivity index (χ1) is 24.6. The molecular formula is C49H51Cl2SiZr. The topological polar surface area (TPSA) is 0 Å². The van der Waals surface area contributed by atoms with Gasteiger partial charge in [0.15, 0.2) is 0 Å². The Morgan fingerprint density at radius 1 is 0.415 bits per heavy atom. The van der Waals surface area contributed by atoms with Gasteiger partial charge in [-0.3, -0.25) is 0 Å². The first-order valence-electron chi connectivity index (χ1n) is 18.5. The van der Waals surface area contributed by atoms with Crippen LogP contribution in [-0.2, 0) is 39.0 Å². The van der Waals surface area contributed by atoms with Crippen molar-refractivity contribution in [3.8, 4) is 22.3 Å². The van der Waals surface area contributed by atoms with E-state index in [0.29, 0.717) is 0 Å². The van der Waals surface area contributed by atoms with E-state index in [1.165, 1.54) is 102 Å². The van der Waals surface area contributed by atoms with E-state index < -0.39 is 0 Å². The molecule has 8 rings (SSSR count). The molecule has 0 atom stereocenters. The molecule has 0 aliphatic carbocycles. The van der Waals surface area contributed by atoms with Crippen molar-refractivity contribution < 1.29 is 51.0 Å². The van der Waals surface area contributed by atoms with Gasteiger partial charge in [-0.25, -0.2) is 0 Å². The van der Waals surface area contributed by atoms with Crippen molar-refractivity contribution in [2.24, 2.45) is 0 Å². The van der Waals surface area contributed by atoms with Crippen molar-refractivity contribution in [1.82, 2.24) is 0 Å². The molecule has 0 bridgehead atoms. The third kappa shape index (κ3) is 11.1. The maximum absolute atomic E-state index is 2.97. The van der Waals surface area contributed by atoms with Crippen molar-refractivity contribution in [2.75, 3.05) is 0 Å². The fraction of sp³-hybridized carbons (Fsp3) is 0.224. The molecular weight excluding hydrogens is 779 g/mol. The molecule has 3 radical (unpaired) electrons. The van der Waals surface area contributed by atoms with Crippen molar-refractivity contribution in [3.63, 3.8) is 0 Å². The van der Waals surface area contributed by atoms with E-state index in [1.54, 1.807) is 6.55 Å². The van der Waals surface area contributed by atoms with Gasteiger partial charge in [-0.15, -0.1) is 69.1 Å². The Bertz CT molecular complexity index is 2090. The summed E-state index contributed by atoms with van der Waals surface area (Å²) in [4.78, 5) is 0. The van der Waals surface area contributed by atoms with Crippen LogP contribution in [0, 0.1) is 0 Å². The summed E-state index contributed by atoms with van der Waals surface area (Å²) in [5.74, 6) is 0.